The number of para-hydroxylation sites is 1. The van der Waals surface area contributed by atoms with Gasteiger partial charge in [-0.15, -0.1) is 0 Å². The van der Waals surface area contributed by atoms with Gasteiger partial charge < -0.3 is 25.0 Å². The van der Waals surface area contributed by atoms with E-state index < -0.39 is 12.0 Å². The van der Waals surface area contributed by atoms with Gasteiger partial charge in [-0.1, -0.05) is 30.3 Å². The molecule has 0 saturated carbocycles. The van der Waals surface area contributed by atoms with Crippen LogP contribution in [0.2, 0.25) is 0 Å². The van der Waals surface area contributed by atoms with Crippen LogP contribution in [0, 0.1) is 0 Å². The Bertz CT molecular complexity index is 1290. The van der Waals surface area contributed by atoms with Crippen molar-refractivity contribution in [3.63, 3.8) is 0 Å². The van der Waals surface area contributed by atoms with Crippen LogP contribution in [-0.2, 0) is 9.53 Å². The Kier molecular flexibility index (Phi) is 9.22. The molecule has 0 aliphatic carbocycles. The van der Waals surface area contributed by atoms with Gasteiger partial charge in [0.2, 0.25) is 0 Å². The summed E-state index contributed by atoms with van der Waals surface area (Å²) < 4.78 is 11.5. The number of esters is 1. The molecule has 4 amide bonds. The number of hydrogen-bond donors (Lipinski definition) is 2. The first-order chi connectivity index (χ1) is 19.5. The largest absolute Gasteiger partial charge is 0.463 e. The molecule has 41 heavy (non-hydrogen) atoms. The Labute approximate surface area is 242 Å². The van der Waals surface area contributed by atoms with Crippen LogP contribution in [0.3, 0.4) is 0 Å². The van der Waals surface area contributed by atoms with Crippen LogP contribution in [0.5, 0.6) is 11.5 Å². The van der Waals surface area contributed by atoms with Crippen molar-refractivity contribution in [2.24, 2.45) is 0 Å². The number of ether oxygens (including phenoxy) is 2. The molecule has 2 aliphatic rings. The van der Waals surface area contributed by atoms with Crippen LogP contribution in [0.4, 0.5) is 9.59 Å². The maximum atomic E-state index is 13.4. The van der Waals surface area contributed by atoms with E-state index in [9.17, 15) is 14.4 Å². The molecule has 2 aromatic carbocycles. The Morgan fingerprint density at radius 3 is 2.41 bits per heavy atom. The number of urea groups is 2. The Balaban J connectivity index is 1.62. The van der Waals surface area contributed by atoms with Gasteiger partial charge in [0.05, 0.1) is 18.2 Å². The average Bonchev–Trinajstić information content (AvgIpc) is 2.91. The number of nitrogens with one attached hydrogen (secondary N) is 2. The molecule has 1 saturated heterocycles. The fourth-order valence-corrected chi connectivity index (χ4v) is 5.11. The van der Waals surface area contributed by atoms with Gasteiger partial charge in [0.1, 0.15) is 11.5 Å². The molecule has 2 heterocycles. The number of likely N-dealkylation sites (N-methyl/N-ethyl adjacent to an activating group) is 1. The van der Waals surface area contributed by atoms with Crippen LogP contribution in [-0.4, -0.2) is 84.1 Å². The lowest BCUT2D eigenvalue weighted by atomic mass is 9.94. The summed E-state index contributed by atoms with van der Waals surface area (Å²) in [4.78, 5) is 44.9. The lowest BCUT2D eigenvalue weighted by Crippen LogP contribution is -2.59. The second-order valence-corrected chi connectivity index (χ2v) is 11.5. The van der Waals surface area contributed by atoms with Gasteiger partial charge in [0.25, 0.3) is 0 Å². The van der Waals surface area contributed by atoms with Gasteiger partial charge in [-0.2, -0.15) is 0 Å². The fourth-order valence-electron chi connectivity index (χ4n) is 5.11. The van der Waals surface area contributed by atoms with E-state index in [2.05, 4.69) is 15.5 Å². The first kappa shape index (κ1) is 29.9. The first-order valence-electron chi connectivity index (χ1n) is 14.0. The standard InChI is InChI=1S/C31H41N5O5/c1-7-40-28(37)26-25(20-35-16-17-36(21(2)19-35)30(39)33-31(3,4)5)34(6)29(38)32-27(26)22-12-11-15-24(18-22)41-23-13-9-8-10-14-23/h8-15,18,21,27H,7,16-17,19-20H2,1-6H3,(H,32,38)(H,33,39)/t21-,27+/m1/s1. The van der Waals surface area contributed by atoms with Crippen LogP contribution in [0.15, 0.2) is 65.9 Å². The molecule has 0 unspecified atom stereocenters. The van der Waals surface area contributed by atoms with E-state index in [0.29, 0.717) is 54.5 Å². The van der Waals surface area contributed by atoms with Crippen molar-refractivity contribution >= 4 is 18.0 Å². The summed E-state index contributed by atoms with van der Waals surface area (Å²) in [5, 5.41) is 6.01. The van der Waals surface area contributed by atoms with Gasteiger partial charge in [0.15, 0.2) is 0 Å². The maximum Gasteiger partial charge on any atom is 0.338 e. The maximum absolute atomic E-state index is 13.4. The number of carbonyl (C=O) groups excluding carboxylic acids is 3. The Hall–Kier alpha value is -4.05. The van der Waals surface area contributed by atoms with Gasteiger partial charge in [-0.25, -0.2) is 14.4 Å². The van der Waals surface area contributed by atoms with Crippen LogP contribution in [0.1, 0.15) is 46.2 Å². The minimum atomic E-state index is -0.719. The minimum Gasteiger partial charge on any atom is -0.463 e. The van der Waals surface area contributed by atoms with Crippen molar-refractivity contribution in [1.82, 2.24) is 25.3 Å². The highest BCUT2D eigenvalue weighted by molar-refractivity contribution is 5.95. The lowest BCUT2D eigenvalue weighted by Gasteiger charge is -2.43. The number of benzene rings is 2. The molecule has 10 heteroatoms. The molecule has 220 valence electrons. The summed E-state index contributed by atoms with van der Waals surface area (Å²) in [5.41, 5.74) is 1.33. The Morgan fingerprint density at radius 1 is 1.05 bits per heavy atom. The smallest absolute Gasteiger partial charge is 0.338 e. The van der Waals surface area contributed by atoms with Crippen molar-refractivity contribution in [2.45, 2.75) is 52.2 Å². The number of rotatable bonds is 7. The topological polar surface area (TPSA) is 103 Å². The van der Waals surface area contributed by atoms with E-state index in [0.717, 1.165) is 0 Å². The third-order valence-corrected chi connectivity index (χ3v) is 7.07. The van der Waals surface area contributed by atoms with Gasteiger partial charge in [-0.05, 0) is 64.4 Å². The summed E-state index contributed by atoms with van der Waals surface area (Å²) in [7, 11) is 1.66. The third kappa shape index (κ3) is 7.38. The molecule has 4 rings (SSSR count). The van der Waals surface area contributed by atoms with Gasteiger partial charge >= 0.3 is 18.0 Å². The molecule has 1 fully saturated rings. The summed E-state index contributed by atoms with van der Waals surface area (Å²) in [6, 6.07) is 15.6. The minimum absolute atomic E-state index is 0.0527. The summed E-state index contributed by atoms with van der Waals surface area (Å²) in [5.74, 6) is 0.790. The predicted molar refractivity (Wildman–Crippen MR) is 157 cm³/mol. The second kappa shape index (κ2) is 12.6. The van der Waals surface area contributed by atoms with Gasteiger partial charge in [0, 0.05) is 50.5 Å². The summed E-state index contributed by atoms with van der Waals surface area (Å²) >= 11 is 0. The lowest BCUT2D eigenvalue weighted by molar-refractivity contribution is -0.139. The van der Waals surface area contributed by atoms with Crippen LogP contribution in [0.25, 0.3) is 0 Å². The number of amides is 4. The third-order valence-electron chi connectivity index (χ3n) is 7.07. The predicted octanol–water partition coefficient (Wildman–Crippen LogP) is 4.51. The number of nitrogens with zero attached hydrogens (tertiary/aromatic N) is 3. The van der Waals surface area contributed by atoms with Crippen molar-refractivity contribution in [1.29, 1.82) is 0 Å². The molecule has 0 bridgehead atoms. The van der Waals surface area contributed by atoms with Crippen LogP contribution >= 0.6 is 0 Å². The molecular weight excluding hydrogens is 522 g/mol. The summed E-state index contributed by atoms with van der Waals surface area (Å²) in [6.45, 7) is 11.9. The van der Waals surface area contributed by atoms with Crippen molar-refractivity contribution in [2.75, 3.05) is 39.8 Å². The van der Waals surface area contributed by atoms with E-state index in [1.54, 1.807) is 14.0 Å². The molecule has 2 atom stereocenters. The van der Waals surface area contributed by atoms with E-state index in [1.165, 1.54) is 4.90 Å². The zero-order valence-corrected chi connectivity index (χ0v) is 24.8. The zero-order valence-electron chi connectivity index (χ0n) is 24.8. The molecular formula is C31H41N5O5. The SMILES string of the molecule is CCOC(=O)C1=C(CN2CCN(C(=O)NC(C)(C)C)[C@H](C)C2)N(C)C(=O)N[C@H]1c1cccc(Oc2ccccc2)c1. The highest BCUT2D eigenvalue weighted by Gasteiger charge is 2.38. The van der Waals surface area contributed by atoms with Crippen molar-refractivity contribution in [3.05, 3.63) is 71.4 Å². The quantitative estimate of drug-likeness (QED) is 0.481. The number of carbonyl (C=O) groups is 3. The molecule has 10 nitrogen and oxygen atoms in total. The molecule has 2 N–H and O–H groups in total. The summed E-state index contributed by atoms with van der Waals surface area (Å²) in [6.07, 6.45) is 0. The molecule has 0 aromatic heterocycles. The molecule has 0 spiro atoms. The van der Waals surface area contributed by atoms with E-state index in [4.69, 9.17) is 9.47 Å². The first-order valence-corrected chi connectivity index (χ1v) is 14.0. The normalized spacial score (nSPS) is 20.0. The van der Waals surface area contributed by atoms with E-state index in [1.807, 2.05) is 87.2 Å². The molecule has 0 radical (unpaired) electrons. The van der Waals surface area contributed by atoms with Crippen molar-refractivity contribution in [3.8, 4) is 11.5 Å². The highest BCUT2D eigenvalue weighted by Crippen LogP contribution is 2.34. The van der Waals surface area contributed by atoms with Crippen molar-refractivity contribution < 1.29 is 23.9 Å². The highest BCUT2D eigenvalue weighted by atomic mass is 16.5. The Morgan fingerprint density at radius 2 is 1.76 bits per heavy atom. The van der Waals surface area contributed by atoms with Gasteiger partial charge in [-0.3, -0.25) is 9.80 Å². The van der Waals surface area contributed by atoms with E-state index in [-0.39, 0.29) is 30.2 Å². The monoisotopic (exact) mass is 563 g/mol. The fraction of sp³-hybridized carbons (Fsp3) is 0.452. The number of piperazine rings is 1. The molecule has 2 aromatic rings. The van der Waals surface area contributed by atoms with E-state index >= 15 is 0 Å². The molecule has 2 aliphatic heterocycles. The zero-order chi connectivity index (χ0) is 29.7. The second-order valence-electron chi connectivity index (χ2n) is 11.5. The average molecular weight is 564 g/mol. The van der Waals surface area contributed by atoms with Crippen LogP contribution < -0.4 is 15.4 Å². The number of hydrogen-bond acceptors (Lipinski definition) is 6.